The zero-order chi connectivity index (χ0) is 24.4. The van der Waals surface area contributed by atoms with Crippen molar-refractivity contribution in [3.63, 3.8) is 0 Å². The Labute approximate surface area is 197 Å². The molecule has 0 radical (unpaired) electrons. The smallest absolute Gasteiger partial charge is 0.295 e. The molecule has 8 nitrogen and oxygen atoms in total. The Morgan fingerprint density at radius 1 is 1.09 bits per heavy atom. The van der Waals surface area contributed by atoms with Crippen molar-refractivity contribution in [3.05, 3.63) is 65.4 Å². The van der Waals surface area contributed by atoms with E-state index < -0.39 is 17.7 Å². The summed E-state index contributed by atoms with van der Waals surface area (Å²) in [5.41, 5.74) is 1.96. The second kappa shape index (κ2) is 9.61. The Kier molecular flexibility index (Phi) is 6.61. The van der Waals surface area contributed by atoms with Gasteiger partial charge in [0.05, 0.1) is 38.5 Å². The summed E-state index contributed by atoms with van der Waals surface area (Å²) in [6.45, 7) is 4.28. The molecule has 2 aromatic carbocycles. The van der Waals surface area contributed by atoms with Gasteiger partial charge < -0.3 is 29.2 Å². The fourth-order valence-corrected chi connectivity index (χ4v) is 4.28. The molecule has 0 saturated carbocycles. The fourth-order valence-electron chi connectivity index (χ4n) is 4.28. The number of ketones is 1. The van der Waals surface area contributed by atoms with Crippen LogP contribution in [0.25, 0.3) is 16.7 Å². The highest BCUT2D eigenvalue weighted by Crippen LogP contribution is 2.42. The summed E-state index contributed by atoms with van der Waals surface area (Å²) >= 11 is 0. The summed E-state index contributed by atoms with van der Waals surface area (Å²) in [6.07, 6.45) is 1.76. The number of hydrogen-bond donors (Lipinski definition) is 2. The molecule has 1 aromatic heterocycles. The number of carbonyl (C=O) groups excluding carboxylic acids is 2. The van der Waals surface area contributed by atoms with Crippen LogP contribution in [0.15, 0.2) is 54.2 Å². The minimum atomic E-state index is -0.778. The number of Topliss-reactive ketones (excluding diaryl/α,β-unsaturated/α-hetero) is 1. The average molecular weight is 465 g/mol. The predicted molar refractivity (Wildman–Crippen MR) is 128 cm³/mol. The van der Waals surface area contributed by atoms with E-state index in [1.54, 1.807) is 24.4 Å². The van der Waals surface area contributed by atoms with Crippen LogP contribution >= 0.6 is 0 Å². The number of methoxy groups -OCH3 is 2. The number of aliphatic hydroxyl groups excluding tert-OH is 1. The number of H-pyrrole nitrogens is 1. The maximum Gasteiger partial charge on any atom is 0.295 e. The standard InChI is InChI=1S/C26H28N2O6/c1-15(2)34-12-11-28-23(18-14-27-19-8-6-5-7-17(18)19)22(25(30)26(28)31)24(29)16-9-10-20(32-3)21(13-16)33-4/h5-10,13-15,23,27,29H,11-12H2,1-4H3/b24-22+. The lowest BCUT2D eigenvalue weighted by molar-refractivity contribution is -0.140. The monoisotopic (exact) mass is 464 g/mol. The van der Waals surface area contributed by atoms with Crippen molar-refractivity contribution in [2.45, 2.75) is 26.0 Å². The van der Waals surface area contributed by atoms with Crippen LogP contribution < -0.4 is 9.47 Å². The van der Waals surface area contributed by atoms with E-state index >= 15 is 0 Å². The van der Waals surface area contributed by atoms with Gasteiger partial charge in [-0.2, -0.15) is 0 Å². The first-order chi connectivity index (χ1) is 16.4. The lowest BCUT2D eigenvalue weighted by atomic mass is 9.95. The van der Waals surface area contributed by atoms with Crippen molar-refractivity contribution >= 4 is 28.4 Å². The van der Waals surface area contributed by atoms with Crippen molar-refractivity contribution in [3.8, 4) is 11.5 Å². The summed E-state index contributed by atoms with van der Waals surface area (Å²) in [4.78, 5) is 31.0. The van der Waals surface area contributed by atoms with E-state index in [4.69, 9.17) is 14.2 Å². The number of fused-ring (bicyclic) bond motifs is 1. The molecule has 8 heteroatoms. The molecule has 1 aliphatic heterocycles. The van der Waals surface area contributed by atoms with E-state index in [1.165, 1.54) is 19.1 Å². The van der Waals surface area contributed by atoms with Gasteiger partial charge in [0.25, 0.3) is 11.7 Å². The third kappa shape index (κ3) is 4.12. The van der Waals surface area contributed by atoms with E-state index in [9.17, 15) is 14.7 Å². The maximum absolute atomic E-state index is 13.2. The molecule has 1 aliphatic rings. The fraction of sp³-hybridized carbons (Fsp3) is 0.308. The van der Waals surface area contributed by atoms with Crippen LogP contribution in [0.1, 0.15) is 31.0 Å². The van der Waals surface area contributed by atoms with Gasteiger partial charge in [-0.25, -0.2) is 0 Å². The first kappa shape index (κ1) is 23.4. The minimum Gasteiger partial charge on any atom is -0.507 e. The molecule has 1 fully saturated rings. The quantitative estimate of drug-likeness (QED) is 0.297. The lowest BCUT2D eigenvalue weighted by Gasteiger charge is -2.25. The van der Waals surface area contributed by atoms with Gasteiger partial charge in [0.1, 0.15) is 5.76 Å². The number of rotatable bonds is 8. The van der Waals surface area contributed by atoms with E-state index in [-0.39, 0.29) is 30.6 Å². The number of aliphatic hydroxyl groups is 1. The Morgan fingerprint density at radius 3 is 2.53 bits per heavy atom. The molecular weight excluding hydrogens is 436 g/mol. The predicted octanol–water partition coefficient (Wildman–Crippen LogP) is 4.03. The molecular formula is C26H28N2O6. The minimum absolute atomic E-state index is 0.0184. The van der Waals surface area contributed by atoms with Crippen molar-refractivity contribution in [1.82, 2.24) is 9.88 Å². The van der Waals surface area contributed by atoms with Crippen LogP contribution in [0.2, 0.25) is 0 Å². The molecule has 0 aliphatic carbocycles. The van der Waals surface area contributed by atoms with Gasteiger partial charge in [0.2, 0.25) is 0 Å². The normalized spacial score (nSPS) is 17.7. The molecule has 4 rings (SSSR count). The highest BCUT2D eigenvalue weighted by molar-refractivity contribution is 6.46. The zero-order valence-corrected chi connectivity index (χ0v) is 19.6. The van der Waals surface area contributed by atoms with Gasteiger partial charge in [-0.1, -0.05) is 18.2 Å². The number of para-hydroxylation sites is 1. The number of ether oxygens (including phenoxy) is 3. The van der Waals surface area contributed by atoms with Crippen LogP contribution in [0.5, 0.6) is 11.5 Å². The lowest BCUT2D eigenvalue weighted by Crippen LogP contribution is -2.33. The van der Waals surface area contributed by atoms with Gasteiger partial charge >= 0.3 is 0 Å². The number of nitrogens with one attached hydrogen (secondary N) is 1. The van der Waals surface area contributed by atoms with Gasteiger partial charge in [-0.05, 0) is 38.1 Å². The number of hydrogen-bond acceptors (Lipinski definition) is 6. The Balaban J connectivity index is 1.87. The third-order valence-electron chi connectivity index (χ3n) is 5.90. The second-order valence-electron chi connectivity index (χ2n) is 8.27. The summed E-state index contributed by atoms with van der Waals surface area (Å²) in [5.74, 6) is -0.813. The maximum atomic E-state index is 13.2. The molecule has 2 N–H and O–H groups in total. The molecule has 1 amide bonds. The number of benzene rings is 2. The first-order valence-electron chi connectivity index (χ1n) is 11.1. The van der Waals surface area contributed by atoms with Gasteiger partial charge in [0, 0.05) is 34.8 Å². The summed E-state index contributed by atoms with van der Waals surface area (Å²) in [7, 11) is 3.00. The molecule has 1 atom stereocenters. The molecule has 3 aromatic rings. The van der Waals surface area contributed by atoms with Crippen molar-refractivity contribution < 1.29 is 28.9 Å². The number of likely N-dealkylation sites (tertiary alicyclic amines) is 1. The van der Waals surface area contributed by atoms with Crippen LogP contribution in [0.4, 0.5) is 0 Å². The third-order valence-corrected chi connectivity index (χ3v) is 5.90. The topological polar surface area (TPSA) is 101 Å². The molecule has 0 spiro atoms. The number of aromatic nitrogens is 1. The number of amides is 1. The molecule has 178 valence electrons. The molecule has 1 saturated heterocycles. The number of nitrogens with zero attached hydrogens (tertiary/aromatic N) is 1. The van der Waals surface area contributed by atoms with Gasteiger partial charge in [0.15, 0.2) is 11.5 Å². The zero-order valence-electron chi connectivity index (χ0n) is 19.6. The van der Waals surface area contributed by atoms with E-state index in [0.717, 1.165) is 16.5 Å². The van der Waals surface area contributed by atoms with E-state index in [1.807, 2.05) is 38.1 Å². The van der Waals surface area contributed by atoms with Crippen molar-refractivity contribution in [2.75, 3.05) is 27.4 Å². The van der Waals surface area contributed by atoms with Gasteiger partial charge in [-0.15, -0.1) is 0 Å². The average Bonchev–Trinajstić information content (AvgIpc) is 3.37. The van der Waals surface area contributed by atoms with Crippen LogP contribution in [-0.4, -0.2) is 60.2 Å². The SMILES string of the molecule is COc1ccc(/C(O)=C2\C(=O)C(=O)N(CCOC(C)C)C2c2c[nH]c3ccccc23)cc1OC. The molecule has 34 heavy (non-hydrogen) atoms. The molecule has 1 unspecified atom stereocenters. The highest BCUT2D eigenvalue weighted by Gasteiger charge is 2.46. The summed E-state index contributed by atoms with van der Waals surface area (Å²) in [6, 6.07) is 11.7. The molecule has 2 heterocycles. The number of carbonyl (C=O) groups is 2. The largest absolute Gasteiger partial charge is 0.507 e. The van der Waals surface area contributed by atoms with Crippen LogP contribution in [0, 0.1) is 0 Å². The van der Waals surface area contributed by atoms with Crippen LogP contribution in [0.3, 0.4) is 0 Å². The van der Waals surface area contributed by atoms with Crippen LogP contribution in [-0.2, 0) is 14.3 Å². The van der Waals surface area contributed by atoms with E-state index in [0.29, 0.717) is 17.1 Å². The van der Waals surface area contributed by atoms with Crippen molar-refractivity contribution in [1.29, 1.82) is 0 Å². The Bertz CT molecular complexity index is 1260. The summed E-state index contributed by atoms with van der Waals surface area (Å²) < 4.78 is 16.3. The Hall–Kier alpha value is -3.78. The van der Waals surface area contributed by atoms with E-state index in [2.05, 4.69) is 4.98 Å². The summed E-state index contributed by atoms with van der Waals surface area (Å²) in [5, 5.41) is 12.2. The second-order valence-corrected chi connectivity index (χ2v) is 8.27. The van der Waals surface area contributed by atoms with Crippen molar-refractivity contribution in [2.24, 2.45) is 0 Å². The highest BCUT2D eigenvalue weighted by atomic mass is 16.5. The Morgan fingerprint density at radius 2 is 1.82 bits per heavy atom. The molecule has 0 bridgehead atoms. The first-order valence-corrected chi connectivity index (χ1v) is 11.1. The number of aromatic amines is 1. The van der Waals surface area contributed by atoms with Gasteiger partial charge in [-0.3, -0.25) is 9.59 Å².